The largest absolute Gasteiger partial charge is 0.379 e. The zero-order chi connectivity index (χ0) is 19.8. The van der Waals surface area contributed by atoms with Gasteiger partial charge in [0.15, 0.2) is 5.13 Å². The lowest BCUT2D eigenvalue weighted by atomic mass is 10.3. The minimum atomic E-state index is 0.0291. The first-order chi connectivity index (χ1) is 13.7. The number of nitriles is 1. The number of thiazole rings is 1. The molecule has 28 heavy (non-hydrogen) atoms. The van der Waals surface area contributed by atoms with E-state index >= 15 is 0 Å². The number of anilines is 1. The molecule has 1 fully saturated rings. The van der Waals surface area contributed by atoms with Crippen LogP contribution < -0.4 is 4.90 Å². The van der Waals surface area contributed by atoms with E-state index in [1.807, 2.05) is 31.2 Å². The molecular weight excluding hydrogens is 374 g/mol. The van der Waals surface area contributed by atoms with E-state index in [2.05, 4.69) is 20.9 Å². The van der Waals surface area contributed by atoms with Gasteiger partial charge in [-0.2, -0.15) is 5.26 Å². The lowest BCUT2D eigenvalue weighted by molar-refractivity contribution is -0.119. The van der Waals surface area contributed by atoms with E-state index in [4.69, 9.17) is 10.00 Å². The second kappa shape index (κ2) is 10.5. The van der Waals surface area contributed by atoms with E-state index in [0.29, 0.717) is 26.1 Å². The smallest absolute Gasteiger partial charge is 0.242 e. The lowest BCUT2D eigenvalue weighted by Gasteiger charge is -2.30. The maximum atomic E-state index is 13.0. The Balaban J connectivity index is 1.63. The molecule has 8 heteroatoms. The average Bonchev–Trinajstić information content (AvgIpc) is 3.15. The van der Waals surface area contributed by atoms with E-state index in [9.17, 15) is 4.79 Å². The molecule has 0 aliphatic carbocycles. The van der Waals surface area contributed by atoms with E-state index in [1.54, 1.807) is 16.2 Å². The first-order valence-corrected chi connectivity index (χ1v) is 10.6. The first-order valence-electron chi connectivity index (χ1n) is 9.76. The van der Waals surface area contributed by atoms with Gasteiger partial charge in [-0.3, -0.25) is 19.5 Å². The fourth-order valence-corrected chi connectivity index (χ4v) is 4.30. The quantitative estimate of drug-likeness (QED) is 0.641. The summed E-state index contributed by atoms with van der Waals surface area (Å²) >= 11 is 1.54. The number of likely N-dealkylation sites (N-methyl/N-ethyl adjacent to an activating group) is 1. The number of carbonyl (C=O) groups is 1. The third-order valence-corrected chi connectivity index (χ3v) is 5.93. The number of nitrogens with zero attached hydrogens (tertiary/aromatic N) is 5. The van der Waals surface area contributed by atoms with E-state index in [0.717, 1.165) is 54.7 Å². The summed E-state index contributed by atoms with van der Waals surface area (Å²) in [6, 6.07) is 10.1. The van der Waals surface area contributed by atoms with Crippen LogP contribution in [-0.2, 0) is 9.53 Å². The van der Waals surface area contributed by atoms with Crippen LogP contribution in [0.4, 0.5) is 5.13 Å². The SMILES string of the molecule is CCN(C(=O)CN(CCC#N)CCN1CCOCC1)c1nc2ccccc2s1. The van der Waals surface area contributed by atoms with Crippen molar-refractivity contribution in [1.82, 2.24) is 14.8 Å². The molecule has 2 aromatic rings. The van der Waals surface area contributed by atoms with Gasteiger partial charge in [0, 0.05) is 45.7 Å². The third kappa shape index (κ3) is 5.49. The Labute approximate surface area is 170 Å². The summed E-state index contributed by atoms with van der Waals surface area (Å²) in [7, 11) is 0. The standard InChI is InChI=1S/C20H27N5O2S/c1-2-25(20-22-17-6-3-4-7-18(17)28-20)19(26)16-24(9-5-8-21)11-10-23-12-14-27-15-13-23/h3-4,6-7H,2,5,9-16H2,1H3. The summed E-state index contributed by atoms with van der Waals surface area (Å²) in [6.45, 7) is 8.47. The Morgan fingerprint density at radius 3 is 2.82 bits per heavy atom. The molecule has 0 unspecified atom stereocenters. The van der Waals surface area contributed by atoms with Crippen LogP contribution in [0.5, 0.6) is 0 Å². The molecule has 0 radical (unpaired) electrons. The second-order valence-electron chi connectivity index (χ2n) is 6.74. The summed E-state index contributed by atoms with van der Waals surface area (Å²) in [6.07, 6.45) is 0.420. The van der Waals surface area contributed by atoms with Crippen molar-refractivity contribution in [2.75, 3.05) is 63.9 Å². The van der Waals surface area contributed by atoms with Crippen LogP contribution >= 0.6 is 11.3 Å². The van der Waals surface area contributed by atoms with Gasteiger partial charge < -0.3 is 4.74 Å². The predicted octanol–water partition coefficient (Wildman–Crippen LogP) is 2.20. The summed E-state index contributed by atoms with van der Waals surface area (Å²) in [5.74, 6) is 0.0291. The molecule has 0 atom stereocenters. The third-order valence-electron chi connectivity index (χ3n) is 4.87. The molecule has 0 N–H and O–H groups in total. The molecule has 2 heterocycles. The number of rotatable bonds is 9. The Morgan fingerprint density at radius 1 is 1.32 bits per heavy atom. The summed E-state index contributed by atoms with van der Waals surface area (Å²) in [4.78, 5) is 23.8. The van der Waals surface area contributed by atoms with Crippen molar-refractivity contribution in [2.24, 2.45) is 0 Å². The van der Waals surface area contributed by atoms with Gasteiger partial charge in [-0.25, -0.2) is 4.98 Å². The fraction of sp³-hybridized carbons (Fsp3) is 0.550. The summed E-state index contributed by atoms with van der Waals surface area (Å²) < 4.78 is 6.47. The average molecular weight is 402 g/mol. The number of amides is 1. The predicted molar refractivity (Wildman–Crippen MR) is 112 cm³/mol. The van der Waals surface area contributed by atoms with Crippen molar-refractivity contribution in [3.8, 4) is 6.07 Å². The van der Waals surface area contributed by atoms with Gasteiger partial charge in [0.2, 0.25) is 5.91 Å². The van der Waals surface area contributed by atoms with Gasteiger partial charge in [0.05, 0.1) is 36.0 Å². The topological polar surface area (TPSA) is 72.7 Å². The number of para-hydroxylation sites is 1. The zero-order valence-electron chi connectivity index (χ0n) is 16.3. The molecule has 1 saturated heterocycles. The molecule has 150 valence electrons. The Hall–Kier alpha value is -2.05. The summed E-state index contributed by atoms with van der Waals surface area (Å²) in [5.41, 5.74) is 0.919. The number of hydrogen-bond donors (Lipinski definition) is 0. The molecule has 1 amide bonds. The highest BCUT2D eigenvalue weighted by molar-refractivity contribution is 7.22. The number of carbonyl (C=O) groups excluding carboxylic acids is 1. The van der Waals surface area contributed by atoms with Crippen molar-refractivity contribution < 1.29 is 9.53 Å². The molecule has 0 spiro atoms. The van der Waals surface area contributed by atoms with Crippen LogP contribution in [0.2, 0.25) is 0 Å². The summed E-state index contributed by atoms with van der Waals surface area (Å²) in [5, 5.41) is 9.71. The number of benzene rings is 1. The number of morpholine rings is 1. The monoisotopic (exact) mass is 401 g/mol. The van der Waals surface area contributed by atoms with Gasteiger partial charge in [-0.05, 0) is 19.1 Å². The normalized spacial score (nSPS) is 15.0. The fourth-order valence-electron chi connectivity index (χ4n) is 3.26. The minimum absolute atomic E-state index is 0.0291. The van der Waals surface area contributed by atoms with Crippen LogP contribution in [0, 0.1) is 11.3 Å². The number of hydrogen-bond acceptors (Lipinski definition) is 7. The van der Waals surface area contributed by atoms with Gasteiger partial charge >= 0.3 is 0 Å². The van der Waals surface area contributed by atoms with Gasteiger partial charge in [0.1, 0.15) is 0 Å². The highest BCUT2D eigenvalue weighted by Gasteiger charge is 2.21. The molecule has 3 rings (SSSR count). The molecule has 1 aliphatic heterocycles. The number of ether oxygens (including phenoxy) is 1. The Kier molecular flexibility index (Phi) is 7.74. The van der Waals surface area contributed by atoms with Gasteiger partial charge in [-0.1, -0.05) is 23.5 Å². The van der Waals surface area contributed by atoms with Crippen molar-refractivity contribution in [3.05, 3.63) is 24.3 Å². The molecule has 1 aliphatic rings. The number of aromatic nitrogens is 1. The highest BCUT2D eigenvalue weighted by atomic mass is 32.1. The van der Waals surface area contributed by atoms with Gasteiger partial charge in [-0.15, -0.1) is 0 Å². The van der Waals surface area contributed by atoms with E-state index < -0.39 is 0 Å². The van der Waals surface area contributed by atoms with Gasteiger partial charge in [0.25, 0.3) is 0 Å². The highest BCUT2D eigenvalue weighted by Crippen LogP contribution is 2.28. The van der Waals surface area contributed by atoms with Crippen molar-refractivity contribution >= 4 is 32.6 Å². The lowest BCUT2D eigenvalue weighted by Crippen LogP contribution is -2.45. The maximum Gasteiger partial charge on any atom is 0.242 e. The van der Waals surface area contributed by atoms with Crippen LogP contribution in [-0.4, -0.2) is 79.7 Å². The molecule has 1 aromatic carbocycles. The van der Waals surface area contributed by atoms with Crippen LogP contribution in [0.25, 0.3) is 10.2 Å². The van der Waals surface area contributed by atoms with E-state index in [-0.39, 0.29) is 5.91 Å². The number of fused-ring (bicyclic) bond motifs is 1. The molecule has 1 aromatic heterocycles. The van der Waals surface area contributed by atoms with Crippen molar-refractivity contribution in [1.29, 1.82) is 5.26 Å². The van der Waals surface area contributed by atoms with E-state index in [1.165, 1.54) is 0 Å². The zero-order valence-corrected chi connectivity index (χ0v) is 17.2. The van der Waals surface area contributed by atoms with Crippen molar-refractivity contribution in [2.45, 2.75) is 13.3 Å². The second-order valence-corrected chi connectivity index (χ2v) is 7.75. The Bertz CT molecular complexity index is 779. The van der Waals surface area contributed by atoms with Crippen LogP contribution in [0.15, 0.2) is 24.3 Å². The van der Waals surface area contributed by atoms with Crippen molar-refractivity contribution in [3.63, 3.8) is 0 Å². The molecule has 0 saturated carbocycles. The van der Waals surface area contributed by atoms with Crippen LogP contribution in [0.3, 0.4) is 0 Å². The maximum absolute atomic E-state index is 13.0. The molecular formula is C20H27N5O2S. The van der Waals surface area contributed by atoms with Crippen LogP contribution in [0.1, 0.15) is 13.3 Å². The molecule has 0 bridgehead atoms. The first kappa shape index (κ1) is 20.7. The Morgan fingerprint density at radius 2 is 2.11 bits per heavy atom. The molecule has 7 nitrogen and oxygen atoms in total. The minimum Gasteiger partial charge on any atom is -0.379 e.